The van der Waals surface area contributed by atoms with E-state index in [9.17, 15) is 13.2 Å². The molecule has 9 heavy (non-hydrogen) atoms. The fourth-order valence-corrected chi connectivity index (χ4v) is 1.01. The third-order valence-electron chi connectivity index (χ3n) is 2.20. The van der Waals surface area contributed by atoms with Crippen molar-refractivity contribution in [3.05, 3.63) is 0 Å². The minimum absolute atomic E-state index is 0.306. The van der Waals surface area contributed by atoms with Crippen LogP contribution in [0.2, 0.25) is 0 Å². The van der Waals surface area contributed by atoms with Gasteiger partial charge in [0.05, 0.1) is 0 Å². The van der Waals surface area contributed by atoms with Crippen molar-refractivity contribution in [3.8, 4) is 0 Å². The van der Waals surface area contributed by atoms with E-state index in [1.807, 2.05) is 0 Å². The summed E-state index contributed by atoms with van der Waals surface area (Å²) in [5, 5.41) is 0. The summed E-state index contributed by atoms with van der Waals surface area (Å²) in [5.74, 6) is -3.57. The summed E-state index contributed by atoms with van der Waals surface area (Å²) < 4.78 is 37.0. The lowest BCUT2D eigenvalue weighted by molar-refractivity contribution is -0.236. The molecule has 0 N–H and O–H groups in total. The Morgan fingerprint density at radius 3 is 1.78 bits per heavy atom. The molecule has 2 atom stereocenters. The van der Waals surface area contributed by atoms with Gasteiger partial charge in [-0.05, 0) is 6.92 Å². The zero-order valence-corrected chi connectivity index (χ0v) is 5.42. The summed E-state index contributed by atoms with van der Waals surface area (Å²) in [5.41, 5.74) is -2.26. The second-order valence-corrected chi connectivity index (χ2v) is 2.89. The molecule has 3 heteroatoms. The predicted molar refractivity (Wildman–Crippen MR) is 28.2 cm³/mol. The highest BCUT2D eigenvalue weighted by molar-refractivity contribution is 5.05. The molecule has 0 spiro atoms. The van der Waals surface area contributed by atoms with Gasteiger partial charge in [0.1, 0.15) is 0 Å². The van der Waals surface area contributed by atoms with Crippen LogP contribution in [0, 0.1) is 5.92 Å². The molecule has 0 amide bonds. The molecule has 0 heterocycles. The molecule has 0 aromatic heterocycles. The first-order chi connectivity index (χ1) is 3.88. The van der Waals surface area contributed by atoms with Crippen molar-refractivity contribution in [2.75, 3.05) is 0 Å². The Morgan fingerprint density at radius 1 is 1.33 bits per heavy atom. The minimum atomic E-state index is -3.08. The SMILES string of the molecule is CC1CC(F)(F)C1(C)F. The van der Waals surface area contributed by atoms with Crippen molar-refractivity contribution < 1.29 is 13.2 Å². The summed E-state index contributed by atoms with van der Waals surface area (Å²) in [6.07, 6.45) is -0.306. The van der Waals surface area contributed by atoms with Gasteiger partial charge >= 0.3 is 0 Å². The van der Waals surface area contributed by atoms with Crippen molar-refractivity contribution in [3.63, 3.8) is 0 Å². The molecule has 2 unspecified atom stereocenters. The molecule has 54 valence electrons. The first kappa shape index (κ1) is 6.90. The monoisotopic (exact) mass is 138 g/mol. The van der Waals surface area contributed by atoms with Crippen molar-refractivity contribution in [1.82, 2.24) is 0 Å². The number of alkyl halides is 3. The normalized spacial score (nSPS) is 48.3. The second kappa shape index (κ2) is 1.44. The van der Waals surface area contributed by atoms with Gasteiger partial charge in [0.2, 0.25) is 0 Å². The van der Waals surface area contributed by atoms with Crippen molar-refractivity contribution in [2.45, 2.75) is 31.9 Å². The van der Waals surface area contributed by atoms with E-state index in [1.165, 1.54) is 6.92 Å². The molecule has 0 aliphatic heterocycles. The molecule has 0 radical (unpaired) electrons. The fraction of sp³-hybridized carbons (Fsp3) is 1.00. The molecule has 0 bridgehead atoms. The number of hydrogen-bond acceptors (Lipinski definition) is 0. The Morgan fingerprint density at radius 2 is 1.78 bits per heavy atom. The maximum absolute atomic E-state index is 12.6. The highest BCUT2D eigenvalue weighted by atomic mass is 19.3. The van der Waals surface area contributed by atoms with Crippen LogP contribution >= 0.6 is 0 Å². The Hall–Kier alpha value is -0.210. The van der Waals surface area contributed by atoms with Crippen LogP contribution in [0.15, 0.2) is 0 Å². The first-order valence-electron chi connectivity index (χ1n) is 2.94. The third-order valence-corrected chi connectivity index (χ3v) is 2.20. The van der Waals surface area contributed by atoms with Gasteiger partial charge in [0.25, 0.3) is 5.92 Å². The number of rotatable bonds is 0. The van der Waals surface area contributed by atoms with Crippen LogP contribution in [-0.4, -0.2) is 11.6 Å². The van der Waals surface area contributed by atoms with Gasteiger partial charge in [0.15, 0.2) is 5.67 Å². The van der Waals surface area contributed by atoms with Crippen molar-refractivity contribution >= 4 is 0 Å². The van der Waals surface area contributed by atoms with Crippen LogP contribution in [0.5, 0.6) is 0 Å². The van der Waals surface area contributed by atoms with Crippen molar-refractivity contribution in [1.29, 1.82) is 0 Å². The van der Waals surface area contributed by atoms with Crippen LogP contribution in [0.3, 0.4) is 0 Å². The van der Waals surface area contributed by atoms with Crippen LogP contribution in [0.25, 0.3) is 0 Å². The standard InChI is InChI=1S/C6H9F3/c1-4-3-6(8,9)5(4,2)7/h4H,3H2,1-2H3. The van der Waals surface area contributed by atoms with Gasteiger partial charge in [0, 0.05) is 12.3 Å². The molecule has 0 nitrogen and oxygen atoms in total. The van der Waals surface area contributed by atoms with Gasteiger partial charge < -0.3 is 0 Å². The van der Waals surface area contributed by atoms with E-state index in [4.69, 9.17) is 0 Å². The summed E-state index contributed by atoms with van der Waals surface area (Å²) in [4.78, 5) is 0. The molecule has 1 aliphatic carbocycles. The Bertz CT molecular complexity index is 128. The van der Waals surface area contributed by atoms with Crippen LogP contribution in [0.4, 0.5) is 13.2 Å². The molecular formula is C6H9F3. The Labute approximate surface area is 52.1 Å². The van der Waals surface area contributed by atoms with E-state index in [1.54, 1.807) is 0 Å². The van der Waals surface area contributed by atoms with Gasteiger partial charge in [-0.15, -0.1) is 0 Å². The zero-order chi connectivity index (χ0) is 7.28. The summed E-state index contributed by atoms with van der Waals surface area (Å²) in [6.45, 7) is 2.46. The fourth-order valence-electron chi connectivity index (χ4n) is 1.01. The molecule has 1 saturated carbocycles. The molecule has 0 aromatic rings. The molecule has 1 aliphatic rings. The lowest BCUT2D eigenvalue weighted by Gasteiger charge is -2.45. The molecule has 1 fully saturated rings. The molecule has 0 aromatic carbocycles. The molecule has 0 saturated heterocycles. The summed E-state index contributed by atoms with van der Waals surface area (Å²) in [6, 6.07) is 0. The van der Waals surface area contributed by atoms with Crippen LogP contribution < -0.4 is 0 Å². The van der Waals surface area contributed by atoms with Gasteiger partial charge in [-0.1, -0.05) is 6.92 Å². The minimum Gasteiger partial charge on any atom is -0.237 e. The third kappa shape index (κ3) is 0.667. The average Bonchev–Trinajstić information content (AvgIpc) is 1.65. The van der Waals surface area contributed by atoms with E-state index >= 15 is 0 Å². The zero-order valence-electron chi connectivity index (χ0n) is 5.42. The predicted octanol–water partition coefficient (Wildman–Crippen LogP) is 2.39. The second-order valence-electron chi connectivity index (χ2n) is 2.89. The van der Waals surface area contributed by atoms with E-state index < -0.39 is 17.5 Å². The number of hydrogen-bond donors (Lipinski definition) is 0. The van der Waals surface area contributed by atoms with Gasteiger partial charge in [-0.3, -0.25) is 0 Å². The van der Waals surface area contributed by atoms with E-state index in [0.29, 0.717) is 0 Å². The largest absolute Gasteiger partial charge is 0.281 e. The van der Waals surface area contributed by atoms with E-state index in [-0.39, 0.29) is 6.42 Å². The topological polar surface area (TPSA) is 0 Å². The van der Waals surface area contributed by atoms with E-state index in [2.05, 4.69) is 0 Å². The maximum Gasteiger partial charge on any atom is 0.281 e. The first-order valence-corrected chi connectivity index (χ1v) is 2.94. The Balaban J connectivity index is 2.70. The van der Waals surface area contributed by atoms with Crippen LogP contribution in [-0.2, 0) is 0 Å². The molecule has 1 rings (SSSR count). The lowest BCUT2D eigenvalue weighted by Crippen LogP contribution is -2.58. The highest BCUT2D eigenvalue weighted by Gasteiger charge is 2.64. The maximum atomic E-state index is 12.6. The van der Waals surface area contributed by atoms with Crippen molar-refractivity contribution in [2.24, 2.45) is 5.92 Å². The summed E-state index contributed by atoms with van der Waals surface area (Å²) >= 11 is 0. The van der Waals surface area contributed by atoms with E-state index in [0.717, 1.165) is 6.92 Å². The quantitative estimate of drug-likeness (QED) is 0.482. The smallest absolute Gasteiger partial charge is 0.237 e. The van der Waals surface area contributed by atoms with Gasteiger partial charge in [-0.2, -0.15) is 0 Å². The highest BCUT2D eigenvalue weighted by Crippen LogP contribution is 2.53. The lowest BCUT2D eigenvalue weighted by atomic mass is 9.70. The van der Waals surface area contributed by atoms with Gasteiger partial charge in [-0.25, -0.2) is 13.2 Å². The average molecular weight is 138 g/mol. The Kier molecular flexibility index (Phi) is 1.10. The summed E-state index contributed by atoms with van der Waals surface area (Å²) in [7, 11) is 0. The molecular weight excluding hydrogens is 129 g/mol. The van der Waals surface area contributed by atoms with Crippen LogP contribution in [0.1, 0.15) is 20.3 Å². The number of halogens is 3.